The fraction of sp³-hybridized carbons (Fsp3) is 0.412. The number of hydrogen-bond donors (Lipinski definition) is 3. The predicted molar refractivity (Wildman–Crippen MR) is 93.8 cm³/mol. The molecule has 0 saturated carbocycles. The van der Waals surface area contributed by atoms with Gasteiger partial charge in [-0.25, -0.2) is 13.2 Å². The van der Waals surface area contributed by atoms with Crippen molar-refractivity contribution >= 4 is 23.4 Å². The summed E-state index contributed by atoms with van der Waals surface area (Å²) in [4.78, 5) is 0. The molecule has 1 aromatic rings. The molecule has 3 nitrogen and oxygen atoms in total. The van der Waals surface area contributed by atoms with Gasteiger partial charge >= 0.3 is 0 Å². The number of hydrogen-bond acceptors (Lipinski definition) is 4. The van der Waals surface area contributed by atoms with Gasteiger partial charge in [0, 0.05) is 30.2 Å². The third-order valence-corrected chi connectivity index (χ3v) is 6.09. The standard InChI is InChI=1S/C17H18ClF3N2OS/c18-15-12(13(20)3-4-14(15)21)7-25-17-10-5-8(19)1-2-9(10)11(6-22)16(24)23-17/h1-4,8,11,16-17,23-24H,5-7,22H2. The second-order valence-corrected chi connectivity index (χ2v) is 7.50. The van der Waals surface area contributed by atoms with Crippen LogP contribution in [-0.2, 0) is 5.75 Å². The monoisotopic (exact) mass is 390 g/mol. The Morgan fingerprint density at radius 3 is 2.76 bits per heavy atom. The van der Waals surface area contributed by atoms with Gasteiger partial charge in [0.05, 0.1) is 10.4 Å². The minimum Gasteiger partial charge on any atom is -0.378 e. The van der Waals surface area contributed by atoms with Crippen LogP contribution in [-0.4, -0.2) is 29.4 Å². The molecule has 1 heterocycles. The Morgan fingerprint density at radius 1 is 1.32 bits per heavy atom. The molecule has 136 valence electrons. The Labute approximate surface area is 153 Å². The van der Waals surface area contributed by atoms with Crippen molar-refractivity contribution in [3.8, 4) is 0 Å². The molecular weight excluding hydrogens is 373 g/mol. The summed E-state index contributed by atoms with van der Waals surface area (Å²) in [5.41, 5.74) is 7.37. The van der Waals surface area contributed by atoms with E-state index in [-0.39, 0.29) is 35.2 Å². The van der Waals surface area contributed by atoms with Gasteiger partial charge in [-0.05, 0) is 23.3 Å². The lowest BCUT2D eigenvalue weighted by Crippen LogP contribution is -2.50. The molecule has 1 aliphatic heterocycles. The largest absolute Gasteiger partial charge is 0.378 e. The first-order valence-electron chi connectivity index (χ1n) is 7.85. The summed E-state index contributed by atoms with van der Waals surface area (Å²) < 4.78 is 41.3. The van der Waals surface area contributed by atoms with Crippen molar-refractivity contribution in [2.45, 2.75) is 29.9 Å². The highest BCUT2D eigenvalue weighted by Gasteiger charge is 2.36. The van der Waals surface area contributed by atoms with Gasteiger partial charge in [-0.1, -0.05) is 23.8 Å². The second kappa shape index (κ2) is 7.72. The molecule has 0 aromatic heterocycles. The van der Waals surface area contributed by atoms with Crippen molar-refractivity contribution < 1.29 is 18.3 Å². The lowest BCUT2D eigenvalue weighted by atomic mass is 9.83. The molecule has 2 aliphatic rings. The summed E-state index contributed by atoms with van der Waals surface area (Å²) in [6, 6.07) is 2.00. The molecule has 25 heavy (non-hydrogen) atoms. The van der Waals surface area contributed by atoms with Gasteiger partial charge in [0.15, 0.2) is 0 Å². The molecule has 0 fully saturated rings. The van der Waals surface area contributed by atoms with E-state index in [4.69, 9.17) is 17.3 Å². The van der Waals surface area contributed by atoms with E-state index >= 15 is 0 Å². The molecular formula is C17H18ClF3N2OS. The van der Waals surface area contributed by atoms with E-state index in [0.717, 1.165) is 23.3 Å². The smallest absolute Gasteiger partial charge is 0.142 e. The Bertz CT molecular complexity index is 728. The summed E-state index contributed by atoms with van der Waals surface area (Å²) >= 11 is 7.08. The van der Waals surface area contributed by atoms with Crippen molar-refractivity contribution in [2.24, 2.45) is 11.7 Å². The number of nitrogens with two attached hydrogens (primary N) is 1. The van der Waals surface area contributed by atoms with E-state index in [1.165, 1.54) is 17.8 Å². The fourth-order valence-corrected chi connectivity index (χ4v) is 4.73. The number of aliphatic hydroxyl groups is 1. The van der Waals surface area contributed by atoms with Gasteiger partial charge in [-0.2, -0.15) is 0 Å². The fourth-order valence-electron chi connectivity index (χ4n) is 3.15. The van der Waals surface area contributed by atoms with Crippen molar-refractivity contribution in [1.29, 1.82) is 0 Å². The second-order valence-electron chi connectivity index (χ2n) is 6.03. The van der Waals surface area contributed by atoms with Crippen LogP contribution in [0.3, 0.4) is 0 Å². The van der Waals surface area contributed by atoms with E-state index < -0.39 is 29.4 Å². The first kappa shape index (κ1) is 18.8. The van der Waals surface area contributed by atoms with Crippen molar-refractivity contribution in [3.63, 3.8) is 0 Å². The van der Waals surface area contributed by atoms with E-state index in [1.54, 1.807) is 6.08 Å². The molecule has 8 heteroatoms. The number of allylic oxidation sites excluding steroid dienone is 2. The van der Waals surface area contributed by atoms with Gasteiger partial charge in [0.25, 0.3) is 0 Å². The number of thioether (sulfide) groups is 1. The van der Waals surface area contributed by atoms with Crippen LogP contribution in [0.15, 0.2) is 35.4 Å². The van der Waals surface area contributed by atoms with Crippen LogP contribution in [0.1, 0.15) is 12.0 Å². The number of nitrogens with one attached hydrogen (secondary N) is 1. The molecule has 1 aromatic carbocycles. The Morgan fingerprint density at radius 2 is 2.04 bits per heavy atom. The van der Waals surface area contributed by atoms with Crippen molar-refractivity contribution in [3.05, 3.63) is 57.7 Å². The molecule has 0 radical (unpaired) electrons. The molecule has 1 aliphatic carbocycles. The Hall–Kier alpha value is -0.990. The zero-order chi connectivity index (χ0) is 18.1. The van der Waals surface area contributed by atoms with E-state index in [2.05, 4.69) is 5.32 Å². The SMILES string of the molecule is NCC1C2=C(CC(F)C=C2)C(SCc2c(F)ccc(F)c2Cl)NC1O. The minimum atomic E-state index is -1.12. The molecule has 0 amide bonds. The highest BCUT2D eigenvalue weighted by Crippen LogP contribution is 2.39. The van der Waals surface area contributed by atoms with Crippen LogP contribution >= 0.6 is 23.4 Å². The molecule has 4 atom stereocenters. The zero-order valence-electron chi connectivity index (χ0n) is 13.2. The number of alkyl halides is 1. The maximum Gasteiger partial charge on any atom is 0.142 e. The first-order chi connectivity index (χ1) is 11.9. The Balaban J connectivity index is 1.85. The summed E-state index contributed by atoms with van der Waals surface area (Å²) in [6.45, 7) is 0.218. The summed E-state index contributed by atoms with van der Waals surface area (Å²) in [6.07, 6.45) is 1.28. The highest BCUT2D eigenvalue weighted by atomic mass is 35.5. The number of halogens is 4. The predicted octanol–water partition coefficient (Wildman–Crippen LogP) is 3.27. The van der Waals surface area contributed by atoms with Crippen molar-refractivity contribution in [2.75, 3.05) is 6.54 Å². The number of rotatable bonds is 4. The van der Waals surface area contributed by atoms with Gasteiger partial charge in [0.2, 0.25) is 0 Å². The lowest BCUT2D eigenvalue weighted by molar-refractivity contribution is 0.0848. The maximum absolute atomic E-state index is 13.9. The third-order valence-electron chi connectivity index (χ3n) is 4.48. The molecule has 4 N–H and O–H groups in total. The topological polar surface area (TPSA) is 58.3 Å². The lowest BCUT2D eigenvalue weighted by Gasteiger charge is -2.39. The Kier molecular flexibility index (Phi) is 5.80. The van der Waals surface area contributed by atoms with Crippen LogP contribution < -0.4 is 11.1 Å². The van der Waals surface area contributed by atoms with Gasteiger partial charge < -0.3 is 10.8 Å². The maximum atomic E-state index is 13.9. The van der Waals surface area contributed by atoms with Crippen LogP contribution in [0.25, 0.3) is 0 Å². The highest BCUT2D eigenvalue weighted by molar-refractivity contribution is 7.99. The number of benzene rings is 1. The molecule has 4 unspecified atom stereocenters. The quantitative estimate of drug-likeness (QED) is 0.691. The van der Waals surface area contributed by atoms with Crippen molar-refractivity contribution in [1.82, 2.24) is 5.32 Å². The van der Waals surface area contributed by atoms with E-state index in [0.29, 0.717) is 0 Å². The normalized spacial score (nSPS) is 29.0. The number of aliphatic hydroxyl groups excluding tert-OH is 1. The molecule has 0 saturated heterocycles. The molecule has 3 rings (SSSR count). The van der Waals surface area contributed by atoms with E-state index in [1.807, 2.05) is 0 Å². The van der Waals surface area contributed by atoms with Crippen LogP contribution in [0, 0.1) is 17.6 Å². The van der Waals surface area contributed by atoms with Crippen LogP contribution in [0.5, 0.6) is 0 Å². The van der Waals surface area contributed by atoms with Crippen LogP contribution in [0.2, 0.25) is 5.02 Å². The van der Waals surface area contributed by atoms with Gasteiger partial charge in [-0.3, -0.25) is 5.32 Å². The van der Waals surface area contributed by atoms with E-state index in [9.17, 15) is 18.3 Å². The third kappa shape index (κ3) is 3.75. The zero-order valence-corrected chi connectivity index (χ0v) is 14.8. The van der Waals surface area contributed by atoms with Gasteiger partial charge in [-0.15, -0.1) is 11.8 Å². The molecule has 0 bridgehead atoms. The minimum absolute atomic E-state index is 0.0502. The average Bonchev–Trinajstić information content (AvgIpc) is 2.58. The first-order valence-corrected chi connectivity index (χ1v) is 9.28. The average molecular weight is 391 g/mol. The summed E-state index contributed by atoms with van der Waals surface area (Å²) in [5.74, 6) is -1.54. The van der Waals surface area contributed by atoms with Crippen LogP contribution in [0.4, 0.5) is 13.2 Å². The van der Waals surface area contributed by atoms with Gasteiger partial charge in [0.1, 0.15) is 24.0 Å². The molecule has 0 spiro atoms. The summed E-state index contributed by atoms with van der Waals surface area (Å²) in [7, 11) is 0. The summed E-state index contributed by atoms with van der Waals surface area (Å²) in [5, 5.41) is 12.6.